The normalized spacial score (nSPS) is 34.5. The Balaban J connectivity index is 2.41. The van der Waals surface area contributed by atoms with Crippen LogP contribution in [0.3, 0.4) is 0 Å². The maximum Gasteiger partial charge on any atom is 0.0154 e. The molecule has 13 heavy (non-hydrogen) atoms. The fourth-order valence-corrected chi connectivity index (χ4v) is 2.31. The summed E-state index contributed by atoms with van der Waals surface area (Å²) in [5, 5.41) is 0. The molecule has 1 saturated carbocycles. The molecule has 0 heterocycles. The van der Waals surface area contributed by atoms with E-state index in [2.05, 4.69) is 13.5 Å². The van der Waals surface area contributed by atoms with Crippen molar-refractivity contribution in [1.82, 2.24) is 0 Å². The Morgan fingerprint density at radius 1 is 1.46 bits per heavy atom. The molecule has 2 nitrogen and oxygen atoms in total. The molecule has 0 aromatic rings. The summed E-state index contributed by atoms with van der Waals surface area (Å²) in [5.41, 5.74) is 12.9. The second-order valence-electron chi connectivity index (χ2n) is 4.46. The van der Waals surface area contributed by atoms with Gasteiger partial charge in [0.25, 0.3) is 0 Å². The zero-order valence-corrected chi connectivity index (χ0v) is 8.68. The molecule has 0 saturated heterocycles. The van der Waals surface area contributed by atoms with Gasteiger partial charge < -0.3 is 11.5 Å². The number of hydrogen-bond acceptors (Lipinski definition) is 2. The molecule has 0 aromatic carbocycles. The molecule has 0 spiro atoms. The van der Waals surface area contributed by atoms with Crippen molar-refractivity contribution in [2.24, 2.45) is 17.4 Å². The van der Waals surface area contributed by atoms with Crippen LogP contribution in [0.2, 0.25) is 0 Å². The molecule has 0 aliphatic heterocycles. The highest BCUT2D eigenvalue weighted by atomic mass is 14.7. The van der Waals surface area contributed by atoms with Gasteiger partial charge in [0.05, 0.1) is 0 Å². The van der Waals surface area contributed by atoms with Gasteiger partial charge in [0, 0.05) is 11.2 Å². The molecule has 1 fully saturated rings. The molecule has 0 unspecified atom stereocenters. The van der Waals surface area contributed by atoms with Crippen LogP contribution >= 0.6 is 0 Å². The van der Waals surface area contributed by atoms with Crippen LogP contribution in [-0.2, 0) is 0 Å². The molecule has 0 atom stereocenters. The smallest absolute Gasteiger partial charge is 0.0154 e. The largest absolute Gasteiger partial charge is 0.402 e. The van der Waals surface area contributed by atoms with E-state index in [1.807, 2.05) is 0 Å². The first-order chi connectivity index (χ1) is 6.07. The minimum Gasteiger partial charge on any atom is -0.402 e. The third-order valence-electron chi connectivity index (χ3n) is 3.25. The summed E-state index contributed by atoms with van der Waals surface area (Å²) in [5.74, 6) is 0.522. The van der Waals surface area contributed by atoms with Crippen molar-refractivity contribution in [3.8, 4) is 0 Å². The van der Waals surface area contributed by atoms with Crippen molar-refractivity contribution in [2.75, 3.05) is 0 Å². The molecule has 1 aliphatic rings. The average Bonchev–Trinajstić information content (AvgIpc) is 2.05. The van der Waals surface area contributed by atoms with Crippen molar-refractivity contribution in [2.45, 2.75) is 51.0 Å². The van der Waals surface area contributed by atoms with E-state index >= 15 is 0 Å². The minimum absolute atomic E-state index is 0.0979. The first kappa shape index (κ1) is 10.6. The number of nitrogens with two attached hydrogens (primary N) is 2. The van der Waals surface area contributed by atoms with E-state index in [9.17, 15) is 0 Å². The van der Waals surface area contributed by atoms with E-state index in [1.54, 1.807) is 0 Å². The zero-order valence-electron chi connectivity index (χ0n) is 8.68. The molecule has 0 amide bonds. The second-order valence-corrected chi connectivity index (χ2v) is 4.46. The van der Waals surface area contributed by atoms with E-state index in [0.717, 1.165) is 37.8 Å². The molecule has 0 bridgehead atoms. The molecule has 1 aliphatic carbocycles. The van der Waals surface area contributed by atoms with E-state index in [-0.39, 0.29) is 5.54 Å². The van der Waals surface area contributed by atoms with E-state index in [1.165, 1.54) is 6.42 Å². The fourth-order valence-electron chi connectivity index (χ4n) is 2.31. The van der Waals surface area contributed by atoms with Crippen LogP contribution in [0.1, 0.15) is 45.4 Å². The predicted molar refractivity (Wildman–Crippen MR) is 57.1 cm³/mol. The third kappa shape index (κ3) is 2.73. The summed E-state index contributed by atoms with van der Waals surface area (Å²) in [7, 11) is 0. The Labute approximate surface area is 81.4 Å². The van der Waals surface area contributed by atoms with Gasteiger partial charge in [0.1, 0.15) is 0 Å². The standard InChI is InChI=1S/C11H22N2/c1-3-6-11(13)7-4-10(5-8-11)9(2)12/h10H,2-8,12-13H2,1H3. The lowest BCUT2D eigenvalue weighted by atomic mass is 9.74. The van der Waals surface area contributed by atoms with Gasteiger partial charge >= 0.3 is 0 Å². The summed E-state index contributed by atoms with van der Waals surface area (Å²) < 4.78 is 0. The molecule has 0 aromatic heterocycles. The molecular weight excluding hydrogens is 160 g/mol. The first-order valence-corrected chi connectivity index (χ1v) is 5.30. The molecule has 0 radical (unpaired) electrons. The van der Waals surface area contributed by atoms with Gasteiger partial charge in [-0.25, -0.2) is 0 Å². The minimum atomic E-state index is 0.0979. The predicted octanol–water partition coefficient (Wildman–Crippen LogP) is 2.15. The maximum absolute atomic E-state index is 6.26. The van der Waals surface area contributed by atoms with Crippen LogP contribution < -0.4 is 11.5 Å². The molecular formula is C11H22N2. The monoisotopic (exact) mass is 182 g/mol. The van der Waals surface area contributed by atoms with Crippen molar-refractivity contribution >= 4 is 0 Å². The summed E-state index contributed by atoms with van der Waals surface area (Å²) in [6.07, 6.45) is 6.82. The lowest BCUT2D eigenvalue weighted by Crippen LogP contribution is -2.43. The average molecular weight is 182 g/mol. The van der Waals surface area contributed by atoms with E-state index in [4.69, 9.17) is 11.5 Å². The fraction of sp³-hybridized carbons (Fsp3) is 0.818. The van der Waals surface area contributed by atoms with Gasteiger partial charge in [-0.2, -0.15) is 0 Å². The van der Waals surface area contributed by atoms with Gasteiger partial charge in [0.2, 0.25) is 0 Å². The molecule has 2 heteroatoms. The van der Waals surface area contributed by atoms with E-state index in [0.29, 0.717) is 5.92 Å². The lowest BCUT2D eigenvalue weighted by Gasteiger charge is -2.37. The SMILES string of the molecule is C=C(N)C1CCC(N)(CCC)CC1. The first-order valence-electron chi connectivity index (χ1n) is 5.30. The Kier molecular flexibility index (Phi) is 3.37. The van der Waals surface area contributed by atoms with Crippen molar-refractivity contribution < 1.29 is 0 Å². The lowest BCUT2D eigenvalue weighted by molar-refractivity contribution is 0.238. The number of hydrogen-bond donors (Lipinski definition) is 2. The van der Waals surface area contributed by atoms with Crippen molar-refractivity contribution in [1.29, 1.82) is 0 Å². The summed E-state index contributed by atoms with van der Waals surface area (Å²) in [6.45, 7) is 6.01. The Hall–Kier alpha value is -0.500. The van der Waals surface area contributed by atoms with Crippen LogP contribution in [0.4, 0.5) is 0 Å². The van der Waals surface area contributed by atoms with E-state index < -0.39 is 0 Å². The molecule has 1 rings (SSSR count). The zero-order chi connectivity index (χ0) is 9.90. The van der Waals surface area contributed by atoms with Crippen LogP contribution in [0.5, 0.6) is 0 Å². The molecule has 4 N–H and O–H groups in total. The molecule has 76 valence electrons. The summed E-state index contributed by atoms with van der Waals surface area (Å²) in [4.78, 5) is 0. The van der Waals surface area contributed by atoms with Gasteiger partial charge in [0.15, 0.2) is 0 Å². The summed E-state index contributed by atoms with van der Waals surface area (Å²) in [6, 6.07) is 0. The summed E-state index contributed by atoms with van der Waals surface area (Å²) >= 11 is 0. The van der Waals surface area contributed by atoms with Crippen LogP contribution in [0, 0.1) is 5.92 Å². The van der Waals surface area contributed by atoms with Crippen LogP contribution in [0.25, 0.3) is 0 Å². The number of allylic oxidation sites excluding steroid dienone is 1. The Morgan fingerprint density at radius 3 is 2.38 bits per heavy atom. The van der Waals surface area contributed by atoms with Gasteiger partial charge in [-0.15, -0.1) is 0 Å². The highest BCUT2D eigenvalue weighted by molar-refractivity contribution is 5.00. The van der Waals surface area contributed by atoms with Gasteiger partial charge in [-0.1, -0.05) is 19.9 Å². The van der Waals surface area contributed by atoms with Gasteiger partial charge in [-0.3, -0.25) is 0 Å². The van der Waals surface area contributed by atoms with Gasteiger partial charge in [-0.05, 0) is 38.0 Å². The maximum atomic E-state index is 6.26. The Bertz CT molecular complexity index is 179. The quantitative estimate of drug-likeness (QED) is 0.702. The van der Waals surface area contributed by atoms with Crippen LogP contribution in [-0.4, -0.2) is 5.54 Å². The second kappa shape index (κ2) is 4.14. The Morgan fingerprint density at radius 2 is 2.00 bits per heavy atom. The topological polar surface area (TPSA) is 52.0 Å². The highest BCUT2D eigenvalue weighted by Gasteiger charge is 2.30. The van der Waals surface area contributed by atoms with Crippen molar-refractivity contribution in [3.63, 3.8) is 0 Å². The number of rotatable bonds is 3. The highest BCUT2D eigenvalue weighted by Crippen LogP contribution is 2.34. The third-order valence-corrected chi connectivity index (χ3v) is 3.25. The van der Waals surface area contributed by atoms with Crippen LogP contribution in [0.15, 0.2) is 12.3 Å². The van der Waals surface area contributed by atoms with Crippen molar-refractivity contribution in [3.05, 3.63) is 12.3 Å².